The van der Waals surface area contributed by atoms with Gasteiger partial charge in [-0.15, -0.1) is 11.6 Å². The molecule has 2 aliphatic heterocycles. The molecule has 2 fully saturated rings. The zero-order valence-electron chi connectivity index (χ0n) is 11.8. The van der Waals surface area contributed by atoms with Gasteiger partial charge in [-0.1, -0.05) is 0 Å². The predicted octanol–water partition coefficient (Wildman–Crippen LogP) is 2.46. The number of hydrogen-bond donors (Lipinski definition) is 0. The smallest absolute Gasteiger partial charge is 0.254 e. The number of fused-ring (bicyclic) bond motifs is 2. The van der Waals surface area contributed by atoms with Crippen LogP contribution in [0.4, 0.5) is 0 Å². The summed E-state index contributed by atoms with van der Waals surface area (Å²) in [4.78, 5) is 14.9. The largest absolute Gasteiger partial charge is 0.333 e. The van der Waals surface area contributed by atoms with Gasteiger partial charge in [0, 0.05) is 29.3 Å². The Balaban J connectivity index is 1.83. The molecule has 0 aliphatic carbocycles. The number of amides is 1. The topological polar surface area (TPSA) is 54.5 Å². The van der Waals surface area contributed by atoms with Crippen molar-refractivity contribution in [3.8, 4) is 0 Å². The van der Waals surface area contributed by atoms with Crippen LogP contribution in [-0.2, 0) is 9.84 Å². The third kappa shape index (κ3) is 2.81. The molecule has 114 valence electrons. The van der Waals surface area contributed by atoms with E-state index in [0.29, 0.717) is 5.56 Å². The van der Waals surface area contributed by atoms with E-state index in [-0.39, 0.29) is 28.3 Å². The molecule has 1 aromatic rings. The lowest BCUT2D eigenvalue weighted by molar-refractivity contribution is 0.0599. The van der Waals surface area contributed by atoms with Crippen molar-refractivity contribution in [3.05, 3.63) is 29.8 Å². The first-order valence-electron chi connectivity index (χ1n) is 7.13. The quantitative estimate of drug-likeness (QED) is 0.784. The van der Waals surface area contributed by atoms with Crippen molar-refractivity contribution in [2.45, 2.75) is 48.0 Å². The maximum absolute atomic E-state index is 12.7. The van der Waals surface area contributed by atoms with Crippen molar-refractivity contribution in [2.24, 2.45) is 0 Å². The summed E-state index contributed by atoms with van der Waals surface area (Å²) in [5.74, 6) is -0.00822. The van der Waals surface area contributed by atoms with Gasteiger partial charge in [-0.3, -0.25) is 4.79 Å². The van der Waals surface area contributed by atoms with Crippen LogP contribution in [-0.4, -0.2) is 42.9 Å². The van der Waals surface area contributed by atoms with E-state index in [1.54, 1.807) is 12.1 Å². The number of hydrogen-bond acceptors (Lipinski definition) is 3. The molecule has 0 radical (unpaired) electrons. The third-order valence-electron chi connectivity index (χ3n) is 4.44. The van der Waals surface area contributed by atoms with Crippen molar-refractivity contribution in [1.82, 2.24) is 4.90 Å². The van der Waals surface area contributed by atoms with Crippen molar-refractivity contribution in [3.63, 3.8) is 0 Å². The molecule has 2 aliphatic rings. The molecule has 2 heterocycles. The minimum atomic E-state index is -3.23. The summed E-state index contributed by atoms with van der Waals surface area (Å²) in [7, 11) is -3.23. The fourth-order valence-corrected chi connectivity index (χ4v) is 4.48. The van der Waals surface area contributed by atoms with Crippen molar-refractivity contribution < 1.29 is 13.2 Å². The lowest BCUT2D eigenvalue weighted by Gasteiger charge is -2.37. The fraction of sp³-hybridized carbons (Fsp3) is 0.533. The van der Waals surface area contributed by atoms with Crippen LogP contribution in [0.2, 0.25) is 0 Å². The summed E-state index contributed by atoms with van der Waals surface area (Å²) in [5, 5.41) is 0.166. The highest BCUT2D eigenvalue weighted by Crippen LogP contribution is 2.38. The molecule has 0 N–H and O–H groups in total. The van der Waals surface area contributed by atoms with Gasteiger partial charge in [-0.05, 0) is 49.9 Å². The number of halogens is 1. The zero-order chi connectivity index (χ0) is 15.2. The highest BCUT2D eigenvalue weighted by molar-refractivity contribution is 7.90. The number of carbonyl (C=O) groups is 1. The minimum Gasteiger partial charge on any atom is -0.333 e. The van der Waals surface area contributed by atoms with Crippen LogP contribution < -0.4 is 0 Å². The highest BCUT2D eigenvalue weighted by atomic mass is 35.5. The molecule has 1 amide bonds. The number of sulfone groups is 1. The van der Waals surface area contributed by atoms with E-state index in [0.717, 1.165) is 31.9 Å². The zero-order valence-corrected chi connectivity index (χ0v) is 13.4. The average molecular weight is 328 g/mol. The van der Waals surface area contributed by atoms with Crippen molar-refractivity contribution in [2.75, 3.05) is 6.26 Å². The lowest BCUT2D eigenvalue weighted by atomic mass is 10.0. The molecule has 3 rings (SSSR count). The standard InChI is InChI=1S/C15H18ClNO3S/c1-21(19,20)14-6-2-10(3-7-14)15(18)17-12-4-5-13(17)9-11(16)8-12/h2-3,6-7,11-13H,4-5,8-9H2,1H3. The van der Waals surface area contributed by atoms with E-state index >= 15 is 0 Å². The molecule has 6 heteroatoms. The maximum atomic E-state index is 12.7. The van der Waals surface area contributed by atoms with E-state index in [9.17, 15) is 13.2 Å². The molecule has 2 bridgehead atoms. The van der Waals surface area contributed by atoms with Gasteiger partial charge in [0.15, 0.2) is 9.84 Å². The Bertz CT molecular complexity index is 642. The normalized spacial score (nSPS) is 28.7. The molecule has 1 aromatic carbocycles. The van der Waals surface area contributed by atoms with Crippen molar-refractivity contribution >= 4 is 27.3 Å². The Morgan fingerprint density at radius 1 is 1.14 bits per heavy atom. The number of alkyl halides is 1. The van der Waals surface area contributed by atoms with Crippen molar-refractivity contribution in [1.29, 1.82) is 0 Å². The molecule has 0 saturated carbocycles. The highest BCUT2D eigenvalue weighted by Gasteiger charge is 2.42. The van der Waals surface area contributed by atoms with E-state index in [2.05, 4.69) is 0 Å². The molecule has 2 saturated heterocycles. The van der Waals surface area contributed by atoms with Crippen LogP contribution >= 0.6 is 11.6 Å². The second-order valence-corrected chi connectivity index (χ2v) is 8.60. The molecular formula is C15H18ClNO3S. The van der Waals surface area contributed by atoms with E-state index < -0.39 is 9.84 Å². The van der Waals surface area contributed by atoms with E-state index in [1.807, 2.05) is 4.90 Å². The summed E-state index contributed by atoms with van der Waals surface area (Å²) < 4.78 is 22.9. The van der Waals surface area contributed by atoms with Crippen LogP contribution in [0.15, 0.2) is 29.2 Å². The second kappa shape index (κ2) is 5.29. The van der Waals surface area contributed by atoms with Crippen LogP contribution in [0, 0.1) is 0 Å². The monoisotopic (exact) mass is 327 g/mol. The molecule has 4 nitrogen and oxygen atoms in total. The molecular weight excluding hydrogens is 310 g/mol. The van der Waals surface area contributed by atoms with Crippen LogP contribution in [0.25, 0.3) is 0 Å². The Morgan fingerprint density at radius 3 is 2.14 bits per heavy atom. The summed E-state index contributed by atoms with van der Waals surface area (Å²) in [6, 6.07) is 6.66. The number of carbonyl (C=O) groups excluding carboxylic acids is 1. The fourth-order valence-electron chi connectivity index (χ4n) is 3.44. The first-order chi connectivity index (χ1) is 9.86. The number of rotatable bonds is 2. The number of benzene rings is 1. The maximum Gasteiger partial charge on any atom is 0.254 e. The van der Waals surface area contributed by atoms with Crippen LogP contribution in [0.3, 0.4) is 0 Å². The summed E-state index contributed by atoms with van der Waals surface area (Å²) in [6.45, 7) is 0. The third-order valence-corrected chi connectivity index (χ3v) is 5.92. The molecule has 2 unspecified atom stereocenters. The molecule has 0 aromatic heterocycles. The summed E-state index contributed by atoms with van der Waals surface area (Å²) in [6.07, 6.45) is 4.90. The average Bonchev–Trinajstić information content (AvgIpc) is 2.69. The van der Waals surface area contributed by atoms with Gasteiger partial charge in [0.2, 0.25) is 0 Å². The van der Waals surface area contributed by atoms with Gasteiger partial charge < -0.3 is 4.90 Å². The van der Waals surface area contributed by atoms with Crippen LogP contribution in [0.5, 0.6) is 0 Å². The molecule has 21 heavy (non-hydrogen) atoms. The molecule has 0 spiro atoms. The first kappa shape index (κ1) is 14.9. The second-order valence-electron chi connectivity index (χ2n) is 5.96. The number of piperidine rings is 1. The van der Waals surface area contributed by atoms with Gasteiger partial charge in [0.05, 0.1) is 4.90 Å². The van der Waals surface area contributed by atoms with Gasteiger partial charge in [0.1, 0.15) is 0 Å². The Hall–Kier alpha value is -1.07. The summed E-state index contributed by atoms with van der Waals surface area (Å²) >= 11 is 6.23. The summed E-state index contributed by atoms with van der Waals surface area (Å²) in [5.41, 5.74) is 0.548. The van der Waals surface area contributed by atoms with Crippen LogP contribution in [0.1, 0.15) is 36.0 Å². The predicted molar refractivity (Wildman–Crippen MR) is 81.4 cm³/mol. The van der Waals surface area contributed by atoms with Gasteiger partial charge in [0.25, 0.3) is 5.91 Å². The minimum absolute atomic E-state index is 0.00822. The van der Waals surface area contributed by atoms with Gasteiger partial charge in [-0.2, -0.15) is 0 Å². The first-order valence-corrected chi connectivity index (χ1v) is 9.46. The van der Waals surface area contributed by atoms with E-state index in [4.69, 9.17) is 11.6 Å². The van der Waals surface area contributed by atoms with E-state index in [1.165, 1.54) is 12.1 Å². The number of nitrogens with zero attached hydrogens (tertiary/aromatic N) is 1. The Kier molecular flexibility index (Phi) is 3.74. The Morgan fingerprint density at radius 2 is 1.67 bits per heavy atom. The molecule has 2 atom stereocenters. The SMILES string of the molecule is CS(=O)(=O)c1ccc(C(=O)N2C3CCC2CC(Cl)C3)cc1. The van der Waals surface area contributed by atoms with Gasteiger partial charge in [-0.25, -0.2) is 8.42 Å². The lowest BCUT2D eigenvalue weighted by Crippen LogP contribution is -2.46. The van der Waals surface area contributed by atoms with Gasteiger partial charge >= 0.3 is 0 Å². The Labute approximate surface area is 130 Å².